The fourth-order valence-electron chi connectivity index (χ4n) is 2.91. The lowest BCUT2D eigenvalue weighted by Gasteiger charge is -2.18. The van der Waals surface area contributed by atoms with Gasteiger partial charge in [-0.15, -0.1) is 0 Å². The molecular weight excluding hydrogens is 354 g/mol. The van der Waals surface area contributed by atoms with Crippen LogP contribution in [0.15, 0.2) is 52.6 Å². The van der Waals surface area contributed by atoms with E-state index in [0.29, 0.717) is 22.9 Å². The van der Waals surface area contributed by atoms with Gasteiger partial charge >= 0.3 is 11.9 Å². The summed E-state index contributed by atoms with van der Waals surface area (Å²) >= 11 is 0. The number of nitrogens with zero attached hydrogens (tertiary/aromatic N) is 4. The number of amides is 2. The lowest BCUT2D eigenvalue weighted by Crippen LogP contribution is -2.60. The van der Waals surface area contributed by atoms with Crippen LogP contribution in [0.25, 0.3) is 0 Å². The average molecular weight is 379 g/mol. The number of urea groups is 1. The Balaban J connectivity index is 1.98. The van der Waals surface area contributed by atoms with Crippen molar-refractivity contribution in [3.63, 3.8) is 0 Å². The summed E-state index contributed by atoms with van der Waals surface area (Å²) in [7, 11) is 5.72. The number of benzene rings is 2. The molecule has 0 bridgehead atoms. The summed E-state index contributed by atoms with van der Waals surface area (Å²) in [5.41, 5.74) is 9.90. The van der Waals surface area contributed by atoms with Gasteiger partial charge in [0.15, 0.2) is 5.69 Å². The first-order valence-electron chi connectivity index (χ1n) is 8.80. The molecule has 1 aliphatic rings. The Morgan fingerprint density at radius 2 is 1.89 bits per heavy atom. The molecule has 1 heterocycles. The summed E-state index contributed by atoms with van der Waals surface area (Å²) in [6, 6.07) is 12.9. The van der Waals surface area contributed by atoms with Crippen LogP contribution in [0.5, 0.6) is 0 Å². The van der Waals surface area contributed by atoms with Crippen LogP contribution in [0.4, 0.5) is 27.5 Å². The Morgan fingerprint density at radius 1 is 1.21 bits per heavy atom. The van der Waals surface area contributed by atoms with Crippen molar-refractivity contribution in [1.29, 1.82) is 0 Å². The molecule has 2 amide bonds. The molecule has 144 valence electrons. The predicted molar refractivity (Wildman–Crippen MR) is 115 cm³/mol. The first-order valence-corrected chi connectivity index (χ1v) is 8.80. The van der Waals surface area contributed by atoms with Crippen LogP contribution >= 0.6 is 0 Å². The molecule has 2 aromatic rings. The van der Waals surface area contributed by atoms with Crippen LogP contribution in [-0.2, 0) is 0 Å². The maximum absolute atomic E-state index is 11.4. The van der Waals surface area contributed by atoms with Crippen LogP contribution in [0.2, 0.25) is 0 Å². The second-order valence-corrected chi connectivity index (χ2v) is 7.01. The highest BCUT2D eigenvalue weighted by atomic mass is 16.2. The quantitative estimate of drug-likeness (QED) is 0.699. The number of primary amides is 1. The van der Waals surface area contributed by atoms with Gasteiger partial charge in [0.05, 0.1) is 11.4 Å². The van der Waals surface area contributed by atoms with E-state index in [1.165, 1.54) is 0 Å². The smallest absolute Gasteiger partial charge is 0.378 e. The number of hydrogen-bond acceptors (Lipinski definition) is 4. The van der Waals surface area contributed by atoms with Crippen molar-refractivity contribution in [2.75, 3.05) is 31.4 Å². The highest BCUT2D eigenvalue weighted by Gasteiger charge is 2.44. The van der Waals surface area contributed by atoms with E-state index in [0.717, 1.165) is 16.9 Å². The van der Waals surface area contributed by atoms with E-state index >= 15 is 0 Å². The maximum Gasteiger partial charge on any atom is 0.419 e. The molecule has 1 atom stereocenters. The Morgan fingerprint density at radius 3 is 2.50 bits per heavy atom. The third-order valence-corrected chi connectivity index (χ3v) is 4.67. The summed E-state index contributed by atoms with van der Waals surface area (Å²) in [5.74, 6) is 0.491. The van der Waals surface area contributed by atoms with E-state index < -0.39 is 6.03 Å². The fourth-order valence-corrected chi connectivity index (χ4v) is 2.91. The number of carbonyl (C=O) groups is 1. The number of quaternary nitrogens is 1. The van der Waals surface area contributed by atoms with E-state index in [-0.39, 0.29) is 4.59 Å². The molecule has 28 heavy (non-hydrogen) atoms. The van der Waals surface area contributed by atoms with Crippen molar-refractivity contribution in [3.05, 3.63) is 48.0 Å². The van der Waals surface area contributed by atoms with E-state index in [9.17, 15) is 4.79 Å². The van der Waals surface area contributed by atoms with Crippen molar-refractivity contribution < 1.29 is 10.2 Å². The summed E-state index contributed by atoms with van der Waals surface area (Å²) in [6.07, 6.45) is 1.64. The van der Waals surface area contributed by atoms with Gasteiger partial charge in [-0.05, 0) is 25.1 Å². The monoisotopic (exact) mass is 379 g/mol. The lowest BCUT2D eigenvalue weighted by atomic mass is 10.2. The van der Waals surface area contributed by atoms with Gasteiger partial charge in [0.25, 0.3) is 0 Å². The Hall–Kier alpha value is -3.52. The van der Waals surface area contributed by atoms with Crippen molar-refractivity contribution in [1.82, 2.24) is 4.59 Å². The van der Waals surface area contributed by atoms with Gasteiger partial charge in [-0.25, -0.2) is 15.2 Å². The van der Waals surface area contributed by atoms with Gasteiger partial charge in [-0.1, -0.05) is 27.4 Å². The fraction of sp³-hybridized carbons (Fsp3) is 0.200. The minimum absolute atomic E-state index is 0.0908. The highest BCUT2D eigenvalue weighted by molar-refractivity contribution is 6.64. The van der Waals surface area contributed by atoms with E-state index in [4.69, 9.17) is 11.1 Å². The van der Waals surface area contributed by atoms with Gasteiger partial charge in [-0.3, -0.25) is 0 Å². The van der Waals surface area contributed by atoms with Crippen molar-refractivity contribution >= 4 is 46.5 Å². The first kappa shape index (κ1) is 19.2. The second-order valence-electron chi connectivity index (χ2n) is 7.01. The normalized spacial score (nSPS) is 19.9. The molecule has 0 saturated carbocycles. The Kier molecular flexibility index (Phi) is 4.98. The molecule has 8 nitrogen and oxygen atoms in total. The summed E-state index contributed by atoms with van der Waals surface area (Å²) in [6.45, 7) is 2.03. The standard InChI is InChI=1S/C20H23N7O/c1-13-5-8-15(9-6-13)27(4)19(21)18(12-23-27)24-16-10-7-14(26(2)3)11-17(16)25-20(22)28/h5-12H,1-4H3,(H3-,21,22,23,25,28)/p+2. The zero-order chi connectivity index (χ0) is 20.5. The van der Waals surface area contributed by atoms with Crippen LogP contribution in [0.3, 0.4) is 0 Å². The van der Waals surface area contributed by atoms with Crippen LogP contribution in [0.1, 0.15) is 5.56 Å². The van der Waals surface area contributed by atoms with Crippen molar-refractivity contribution in [2.45, 2.75) is 6.92 Å². The molecule has 0 fully saturated rings. The SMILES string of the molecule is Cc1ccc([N+]2(C)N=CC(=Nc3ccc(N(C)C)cc3NC(N)=O)C2=[NH2+])cc1. The Labute approximate surface area is 164 Å². The number of nitrogens with two attached hydrogens (primary N) is 2. The summed E-state index contributed by atoms with van der Waals surface area (Å²) in [5, 5.41) is 13.6. The Bertz CT molecular complexity index is 992. The number of carbonyl (C=O) groups excluding carboxylic acids is 1. The molecular formula is C20H25N7O+2. The van der Waals surface area contributed by atoms with Gasteiger partial charge in [0.2, 0.25) is 5.71 Å². The zero-order valence-corrected chi connectivity index (χ0v) is 16.5. The second kappa shape index (κ2) is 7.24. The summed E-state index contributed by atoms with van der Waals surface area (Å²) < 4.78 is 0.0908. The number of aliphatic imine (C=N–C) groups is 1. The van der Waals surface area contributed by atoms with Crippen molar-refractivity contribution in [2.24, 2.45) is 15.8 Å². The van der Waals surface area contributed by atoms with Crippen LogP contribution in [-0.4, -0.2) is 44.9 Å². The van der Waals surface area contributed by atoms with Crippen LogP contribution < -0.4 is 26.0 Å². The number of aryl methyl sites for hydroxylation is 1. The van der Waals surface area contributed by atoms with Crippen LogP contribution in [0, 0.1) is 6.92 Å². The summed E-state index contributed by atoms with van der Waals surface area (Å²) in [4.78, 5) is 18.0. The maximum atomic E-state index is 11.4. The molecule has 1 unspecified atom stereocenters. The van der Waals surface area contributed by atoms with Crippen molar-refractivity contribution in [3.8, 4) is 0 Å². The zero-order valence-electron chi connectivity index (χ0n) is 16.5. The molecule has 0 saturated heterocycles. The van der Waals surface area contributed by atoms with Gasteiger partial charge in [0.1, 0.15) is 13.3 Å². The number of rotatable bonds is 4. The third kappa shape index (κ3) is 3.63. The third-order valence-electron chi connectivity index (χ3n) is 4.67. The lowest BCUT2D eigenvalue weighted by molar-refractivity contribution is -0.121. The molecule has 0 radical (unpaired) electrons. The van der Waals surface area contributed by atoms with Gasteiger partial charge in [0, 0.05) is 31.9 Å². The molecule has 0 aromatic heterocycles. The number of amidine groups is 1. The first-order chi connectivity index (χ1) is 13.2. The van der Waals surface area contributed by atoms with Gasteiger partial charge < -0.3 is 16.0 Å². The van der Waals surface area contributed by atoms with Gasteiger partial charge in [-0.2, -0.15) is 0 Å². The predicted octanol–water partition coefficient (Wildman–Crippen LogP) is 1.42. The van der Waals surface area contributed by atoms with E-state index in [1.807, 2.05) is 69.4 Å². The average Bonchev–Trinajstić information content (AvgIpc) is 2.92. The van der Waals surface area contributed by atoms with E-state index in [2.05, 4.69) is 15.4 Å². The minimum Gasteiger partial charge on any atom is -0.378 e. The van der Waals surface area contributed by atoms with E-state index in [1.54, 1.807) is 12.3 Å². The molecule has 0 spiro atoms. The molecule has 0 aliphatic carbocycles. The number of hydrogen-bond donors (Lipinski definition) is 3. The molecule has 3 rings (SSSR count). The molecule has 1 aliphatic heterocycles. The highest BCUT2D eigenvalue weighted by Crippen LogP contribution is 2.31. The largest absolute Gasteiger partial charge is 0.419 e. The number of nitrogens with one attached hydrogen (secondary N) is 1. The number of anilines is 2. The molecule has 5 N–H and O–H groups in total. The molecule has 2 aromatic carbocycles. The molecule has 8 heteroatoms. The topological polar surface area (TPSA) is 109 Å². The minimum atomic E-state index is -0.658.